The average molecular weight is 477 g/mol. The van der Waals surface area contributed by atoms with Crippen molar-refractivity contribution in [1.29, 1.82) is 0 Å². The second-order valence-corrected chi connectivity index (χ2v) is 10.6. The Morgan fingerprint density at radius 1 is 1.09 bits per heavy atom. The van der Waals surface area contributed by atoms with Gasteiger partial charge in [-0.25, -0.2) is 13.1 Å². The molecule has 0 saturated heterocycles. The number of nitrogens with zero attached hydrogens (tertiary/aromatic N) is 5. The number of sulfonamides is 1. The highest BCUT2D eigenvalue weighted by molar-refractivity contribution is 7.89. The predicted octanol–water partition coefficient (Wildman–Crippen LogP) is 3.34. The molecule has 1 N–H and O–H groups in total. The normalized spacial score (nSPS) is 13.6. The Kier molecular flexibility index (Phi) is 6.16. The van der Waals surface area contributed by atoms with Crippen LogP contribution >= 0.6 is 0 Å². The largest absolute Gasteiger partial charge is 0.309 e. The van der Waals surface area contributed by atoms with Gasteiger partial charge in [0, 0.05) is 42.1 Å². The highest BCUT2D eigenvalue weighted by Crippen LogP contribution is 2.39. The first-order chi connectivity index (χ1) is 16.4. The van der Waals surface area contributed by atoms with Gasteiger partial charge in [-0.3, -0.25) is 14.6 Å². The summed E-state index contributed by atoms with van der Waals surface area (Å²) < 4.78 is 30.5. The van der Waals surface area contributed by atoms with Crippen molar-refractivity contribution >= 4 is 20.9 Å². The van der Waals surface area contributed by atoms with Gasteiger partial charge in [0.1, 0.15) is 5.69 Å². The van der Waals surface area contributed by atoms with Crippen LogP contribution in [0.4, 0.5) is 0 Å². The number of pyridine rings is 2. The molecule has 0 amide bonds. The van der Waals surface area contributed by atoms with Crippen molar-refractivity contribution in [3.63, 3.8) is 0 Å². The van der Waals surface area contributed by atoms with E-state index in [0.717, 1.165) is 60.3 Å². The molecule has 0 bridgehead atoms. The molecule has 0 fully saturated rings. The first-order valence-electron chi connectivity index (χ1n) is 11.5. The molecule has 8 nitrogen and oxygen atoms in total. The summed E-state index contributed by atoms with van der Waals surface area (Å²) in [5.74, 6) is 0. The third-order valence-electron chi connectivity index (χ3n) is 6.12. The van der Waals surface area contributed by atoms with Crippen molar-refractivity contribution in [2.24, 2.45) is 0 Å². The molecule has 34 heavy (non-hydrogen) atoms. The van der Waals surface area contributed by atoms with Crippen LogP contribution in [0.3, 0.4) is 0 Å². The molecule has 1 aliphatic rings. The van der Waals surface area contributed by atoms with E-state index in [-0.39, 0.29) is 4.90 Å². The van der Waals surface area contributed by atoms with Gasteiger partial charge in [-0.15, -0.1) is 0 Å². The number of rotatable bonds is 8. The van der Waals surface area contributed by atoms with E-state index in [1.54, 1.807) is 24.5 Å². The van der Waals surface area contributed by atoms with E-state index >= 15 is 0 Å². The van der Waals surface area contributed by atoms with Crippen LogP contribution in [0.15, 0.2) is 59.8 Å². The maximum Gasteiger partial charge on any atom is 0.240 e. The van der Waals surface area contributed by atoms with Gasteiger partial charge < -0.3 is 4.90 Å². The fraction of sp³-hybridized carbons (Fsp3) is 0.320. The Balaban J connectivity index is 1.55. The van der Waals surface area contributed by atoms with E-state index in [0.29, 0.717) is 12.1 Å². The summed E-state index contributed by atoms with van der Waals surface area (Å²) in [6, 6.07) is 13.0. The van der Waals surface area contributed by atoms with Crippen LogP contribution in [0.1, 0.15) is 18.5 Å². The Bertz CT molecular complexity index is 1430. The molecule has 1 aromatic carbocycles. The van der Waals surface area contributed by atoms with Gasteiger partial charge in [-0.05, 0) is 75.8 Å². The van der Waals surface area contributed by atoms with E-state index in [1.807, 2.05) is 49.3 Å². The summed E-state index contributed by atoms with van der Waals surface area (Å²) in [5.41, 5.74) is 5.55. The van der Waals surface area contributed by atoms with Crippen molar-refractivity contribution in [3.8, 4) is 22.5 Å². The third-order valence-corrected chi connectivity index (χ3v) is 7.58. The highest BCUT2D eigenvalue weighted by atomic mass is 32.2. The monoisotopic (exact) mass is 476 g/mol. The van der Waals surface area contributed by atoms with Crippen molar-refractivity contribution < 1.29 is 8.42 Å². The number of hydrogen-bond acceptors (Lipinski definition) is 6. The molecule has 1 aliphatic heterocycles. The van der Waals surface area contributed by atoms with Gasteiger partial charge >= 0.3 is 0 Å². The number of nitrogens with one attached hydrogen (secondary N) is 1. The van der Waals surface area contributed by atoms with E-state index in [9.17, 15) is 8.42 Å². The smallest absolute Gasteiger partial charge is 0.240 e. The molecule has 0 saturated carbocycles. The Morgan fingerprint density at radius 2 is 1.97 bits per heavy atom. The summed E-state index contributed by atoms with van der Waals surface area (Å²) in [4.78, 5) is 11.3. The molecule has 3 aromatic heterocycles. The Hall–Kier alpha value is -3.14. The lowest BCUT2D eigenvalue weighted by molar-refractivity contribution is 0.400. The van der Waals surface area contributed by atoms with E-state index in [2.05, 4.69) is 19.4 Å². The molecule has 9 heteroatoms. The van der Waals surface area contributed by atoms with Gasteiger partial charge in [-0.2, -0.15) is 5.10 Å². The van der Waals surface area contributed by atoms with Crippen molar-refractivity contribution in [2.75, 3.05) is 27.2 Å². The summed E-state index contributed by atoms with van der Waals surface area (Å²) >= 11 is 0. The van der Waals surface area contributed by atoms with Crippen LogP contribution in [-0.2, 0) is 23.0 Å². The molecular weight excluding hydrogens is 448 g/mol. The van der Waals surface area contributed by atoms with Gasteiger partial charge in [0.2, 0.25) is 10.0 Å². The number of benzene rings is 1. The zero-order chi connectivity index (χ0) is 23.7. The topological polar surface area (TPSA) is 93.0 Å². The van der Waals surface area contributed by atoms with Crippen LogP contribution in [0, 0.1) is 0 Å². The molecular formula is C25H28N6O2S. The lowest BCUT2D eigenvalue weighted by atomic mass is 9.97. The number of aryl methyl sites for hydroxylation is 1. The van der Waals surface area contributed by atoms with Gasteiger partial charge in [0.05, 0.1) is 16.1 Å². The minimum Gasteiger partial charge on any atom is -0.309 e. The zero-order valence-corrected chi connectivity index (χ0v) is 20.2. The molecule has 0 spiro atoms. The quantitative estimate of drug-likeness (QED) is 0.392. The van der Waals surface area contributed by atoms with Crippen LogP contribution in [-0.4, -0.2) is 60.3 Å². The number of aromatic nitrogens is 4. The SMILES string of the molecule is CN(C)CCCNS(=O)(=O)c1ccc2c(-c3c(-c4ccccn4)nn4c3CCC4)ccnc2c1. The van der Waals surface area contributed by atoms with E-state index in [1.165, 1.54) is 5.69 Å². The molecule has 5 rings (SSSR count). The van der Waals surface area contributed by atoms with Crippen LogP contribution in [0.5, 0.6) is 0 Å². The van der Waals surface area contributed by atoms with E-state index < -0.39 is 10.0 Å². The standard InChI is InChI=1S/C25H28N6O2S/c1-30(2)15-6-13-28-34(32,33)18-9-10-19-20(11-14-27-22(19)17-18)24-23-8-5-16-31(23)29-25(24)21-7-3-4-12-26-21/h3-4,7,9-12,14,17,28H,5-6,8,13,15-16H2,1-2H3. The van der Waals surface area contributed by atoms with E-state index in [4.69, 9.17) is 5.10 Å². The predicted molar refractivity (Wildman–Crippen MR) is 133 cm³/mol. The summed E-state index contributed by atoms with van der Waals surface area (Å²) in [7, 11) is 0.326. The fourth-order valence-corrected chi connectivity index (χ4v) is 5.59. The molecule has 0 atom stereocenters. The highest BCUT2D eigenvalue weighted by Gasteiger charge is 2.26. The Morgan fingerprint density at radius 3 is 2.76 bits per heavy atom. The average Bonchev–Trinajstić information content (AvgIpc) is 3.43. The molecule has 0 aliphatic carbocycles. The maximum atomic E-state index is 12.9. The fourth-order valence-electron chi connectivity index (χ4n) is 4.50. The van der Waals surface area contributed by atoms with Gasteiger partial charge in [-0.1, -0.05) is 12.1 Å². The summed E-state index contributed by atoms with van der Waals surface area (Å²) in [6.45, 7) is 2.10. The van der Waals surface area contributed by atoms with Crippen LogP contribution in [0.2, 0.25) is 0 Å². The number of fused-ring (bicyclic) bond motifs is 2. The Labute approximate surface area is 199 Å². The number of hydrogen-bond donors (Lipinski definition) is 1. The first kappa shape index (κ1) is 22.6. The lowest BCUT2D eigenvalue weighted by Crippen LogP contribution is -2.27. The maximum absolute atomic E-state index is 12.9. The van der Waals surface area contributed by atoms with Crippen LogP contribution < -0.4 is 4.72 Å². The van der Waals surface area contributed by atoms with Crippen molar-refractivity contribution in [1.82, 2.24) is 29.4 Å². The lowest BCUT2D eigenvalue weighted by Gasteiger charge is -2.12. The summed E-state index contributed by atoms with van der Waals surface area (Å²) in [5, 5.41) is 5.78. The molecule has 4 heterocycles. The van der Waals surface area contributed by atoms with Crippen molar-refractivity contribution in [2.45, 2.75) is 30.7 Å². The molecule has 0 unspecified atom stereocenters. The van der Waals surface area contributed by atoms with Crippen molar-refractivity contribution in [3.05, 3.63) is 60.6 Å². The second kappa shape index (κ2) is 9.25. The molecule has 0 radical (unpaired) electrons. The second-order valence-electron chi connectivity index (χ2n) is 8.80. The minimum atomic E-state index is -3.61. The zero-order valence-electron chi connectivity index (χ0n) is 19.4. The minimum absolute atomic E-state index is 0.222. The molecule has 176 valence electrons. The molecule has 4 aromatic rings. The van der Waals surface area contributed by atoms with Crippen LogP contribution in [0.25, 0.3) is 33.4 Å². The van der Waals surface area contributed by atoms with Gasteiger partial charge in [0.25, 0.3) is 0 Å². The van der Waals surface area contributed by atoms with Gasteiger partial charge in [0.15, 0.2) is 0 Å². The third kappa shape index (κ3) is 4.34. The first-order valence-corrected chi connectivity index (χ1v) is 13.0. The summed E-state index contributed by atoms with van der Waals surface area (Å²) in [6.07, 6.45) is 6.26.